The molecule has 7 nitrogen and oxygen atoms in total. The smallest absolute Gasteiger partial charge is 0.310 e. The summed E-state index contributed by atoms with van der Waals surface area (Å²) in [6.45, 7) is 7.37. The summed E-state index contributed by atoms with van der Waals surface area (Å²) in [4.78, 5) is 26.8. The molecule has 3 aromatic rings. The zero-order valence-corrected chi connectivity index (χ0v) is 19.7. The molecule has 0 spiro atoms. The fourth-order valence-electron chi connectivity index (χ4n) is 3.78. The standard InChI is InChI=1S/C26H31N3O4/c1-5-28(25(30)18-29-13-7-12-27-29)17-21-14-19(3)8-10-22(21)23-15-20(9-11-24(23)32-4)16-26(31)33-6-2/h7-15H,5-6,16-18H2,1-4H3. The Morgan fingerprint density at radius 2 is 1.91 bits per heavy atom. The van der Waals surface area contributed by atoms with Crippen LogP contribution in [-0.2, 0) is 33.8 Å². The summed E-state index contributed by atoms with van der Waals surface area (Å²) in [5, 5.41) is 4.14. The van der Waals surface area contributed by atoms with Gasteiger partial charge in [-0.2, -0.15) is 5.10 Å². The molecule has 0 saturated carbocycles. The average Bonchev–Trinajstić information content (AvgIpc) is 3.30. The third-order valence-corrected chi connectivity index (χ3v) is 5.42. The maximum absolute atomic E-state index is 12.9. The Morgan fingerprint density at radius 3 is 2.58 bits per heavy atom. The van der Waals surface area contributed by atoms with Crippen molar-refractivity contribution in [3.05, 3.63) is 71.5 Å². The van der Waals surface area contributed by atoms with Crippen molar-refractivity contribution in [1.82, 2.24) is 14.7 Å². The lowest BCUT2D eigenvalue weighted by Crippen LogP contribution is -2.33. The Kier molecular flexibility index (Phi) is 8.24. The number of amides is 1. The summed E-state index contributed by atoms with van der Waals surface area (Å²) in [5.41, 5.74) is 4.81. The lowest BCUT2D eigenvalue weighted by atomic mass is 9.94. The third-order valence-electron chi connectivity index (χ3n) is 5.42. The van der Waals surface area contributed by atoms with Crippen molar-refractivity contribution in [1.29, 1.82) is 0 Å². The third kappa shape index (κ3) is 6.22. The van der Waals surface area contributed by atoms with Gasteiger partial charge < -0.3 is 14.4 Å². The van der Waals surface area contributed by atoms with Gasteiger partial charge in [0.25, 0.3) is 0 Å². The molecule has 0 aliphatic heterocycles. The highest BCUT2D eigenvalue weighted by molar-refractivity contribution is 5.79. The Hall–Kier alpha value is -3.61. The molecule has 0 aliphatic carbocycles. The van der Waals surface area contributed by atoms with E-state index in [9.17, 15) is 9.59 Å². The number of nitrogens with zero attached hydrogens (tertiary/aromatic N) is 3. The molecule has 0 fully saturated rings. The van der Waals surface area contributed by atoms with Gasteiger partial charge in [-0.15, -0.1) is 0 Å². The van der Waals surface area contributed by atoms with Gasteiger partial charge in [-0.05, 0) is 55.7 Å². The van der Waals surface area contributed by atoms with Crippen LogP contribution in [0.5, 0.6) is 5.75 Å². The van der Waals surface area contributed by atoms with Gasteiger partial charge in [0.1, 0.15) is 12.3 Å². The summed E-state index contributed by atoms with van der Waals surface area (Å²) >= 11 is 0. The number of aromatic nitrogens is 2. The van der Waals surface area contributed by atoms with Crippen LogP contribution in [0.1, 0.15) is 30.5 Å². The fraction of sp³-hybridized carbons (Fsp3) is 0.346. The van der Waals surface area contributed by atoms with Crippen LogP contribution in [0.15, 0.2) is 54.9 Å². The van der Waals surface area contributed by atoms with Crippen LogP contribution in [0.3, 0.4) is 0 Å². The molecule has 1 heterocycles. The minimum atomic E-state index is -0.265. The number of hydrogen-bond acceptors (Lipinski definition) is 5. The lowest BCUT2D eigenvalue weighted by Gasteiger charge is -2.23. The van der Waals surface area contributed by atoms with Crippen molar-refractivity contribution < 1.29 is 19.1 Å². The predicted molar refractivity (Wildman–Crippen MR) is 127 cm³/mol. The van der Waals surface area contributed by atoms with Gasteiger partial charge in [0.2, 0.25) is 5.91 Å². The molecule has 2 aromatic carbocycles. The highest BCUT2D eigenvalue weighted by Gasteiger charge is 2.18. The molecule has 0 unspecified atom stereocenters. The largest absolute Gasteiger partial charge is 0.496 e. The lowest BCUT2D eigenvalue weighted by molar-refractivity contribution is -0.142. The molecule has 174 valence electrons. The van der Waals surface area contributed by atoms with Gasteiger partial charge >= 0.3 is 5.97 Å². The first kappa shape index (κ1) is 24.0. The number of benzene rings is 2. The van der Waals surface area contributed by atoms with E-state index in [0.29, 0.717) is 25.4 Å². The monoisotopic (exact) mass is 449 g/mol. The molecule has 3 rings (SSSR count). The van der Waals surface area contributed by atoms with Crippen molar-refractivity contribution in [2.24, 2.45) is 0 Å². The first-order chi connectivity index (χ1) is 15.9. The molecule has 1 aromatic heterocycles. The molecular weight excluding hydrogens is 418 g/mol. The SMILES string of the molecule is CCOC(=O)Cc1ccc(OC)c(-c2ccc(C)cc2CN(CC)C(=O)Cn2cccn2)c1. The molecule has 1 amide bonds. The van der Waals surface area contributed by atoms with E-state index in [0.717, 1.165) is 27.8 Å². The number of aryl methyl sites for hydroxylation is 1. The Balaban J connectivity index is 1.94. The summed E-state index contributed by atoms with van der Waals surface area (Å²) in [6.07, 6.45) is 3.64. The highest BCUT2D eigenvalue weighted by Crippen LogP contribution is 2.34. The van der Waals surface area contributed by atoms with Crippen LogP contribution in [0.25, 0.3) is 11.1 Å². The zero-order chi connectivity index (χ0) is 23.8. The van der Waals surface area contributed by atoms with E-state index < -0.39 is 0 Å². The number of rotatable bonds is 10. The number of ether oxygens (including phenoxy) is 2. The second-order valence-electron chi connectivity index (χ2n) is 7.79. The van der Waals surface area contributed by atoms with Crippen molar-refractivity contribution in [2.75, 3.05) is 20.3 Å². The van der Waals surface area contributed by atoms with Crippen LogP contribution >= 0.6 is 0 Å². The molecule has 7 heteroatoms. The summed E-state index contributed by atoms with van der Waals surface area (Å²) in [6, 6.07) is 13.7. The fourth-order valence-corrected chi connectivity index (χ4v) is 3.78. The number of methoxy groups -OCH3 is 1. The van der Waals surface area contributed by atoms with Crippen LogP contribution < -0.4 is 4.74 Å². The topological polar surface area (TPSA) is 73.7 Å². The first-order valence-electron chi connectivity index (χ1n) is 11.1. The summed E-state index contributed by atoms with van der Waals surface area (Å²) < 4.78 is 12.4. The molecular formula is C26H31N3O4. The van der Waals surface area contributed by atoms with E-state index in [1.54, 1.807) is 37.2 Å². The van der Waals surface area contributed by atoms with E-state index in [1.807, 2.05) is 49.1 Å². The van der Waals surface area contributed by atoms with Gasteiger partial charge in [0, 0.05) is 31.0 Å². The molecule has 0 aliphatic rings. The summed E-state index contributed by atoms with van der Waals surface area (Å²) in [7, 11) is 1.63. The van der Waals surface area contributed by atoms with Crippen molar-refractivity contribution in [3.8, 4) is 16.9 Å². The number of carbonyl (C=O) groups is 2. The van der Waals surface area contributed by atoms with Gasteiger partial charge in [-0.3, -0.25) is 14.3 Å². The van der Waals surface area contributed by atoms with E-state index in [-0.39, 0.29) is 24.8 Å². The Labute approximate surface area is 194 Å². The minimum Gasteiger partial charge on any atom is -0.496 e. The van der Waals surface area contributed by atoms with E-state index >= 15 is 0 Å². The highest BCUT2D eigenvalue weighted by atomic mass is 16.5. The van der Waals surface area contributed by atoms with Gasteiger partial charge in [-0.1, -0.05) is 29.8 Å². The average molecular weight is 450 g/mol. The first-order valence-corrected chi connectivity index (χ1v) is 11.1. The molecule has 33 heavy (non-hydrogen) atoms. The maximum Gasteiger partial charge on any atom is 0.310 e. The number of esters is 1. The molecule has 0 radical (unpaired) electrons. The Morgan fingerprint density at radius 1 is 1.09 bits per heavy atom. The zero-order valence-electron chi connectivity index (χ0n) is 19.7. The van der Waals surface area contributed by atoms with Gasteiger partial charge in [0.05, 0.1) is 20.1 Å². The van der Waals surface area contributed by atoms with Crippen LogP contribution in [-0.4, -0.2) is 46.8 Å². The van der Waals surface area contributed by atoms with Crippen molar-refractivity contribution in [2.45, 2.75) is 40.3 Å². The Bertz CT molecular complexity index is 1090. The van der Waals surface area contributed by atoms with Crippen LogP contribution in [0, 0.1) is 6.92 Å². The normalized spacial score (nSPS) is 10.7. The van der Waals surface area contributed by atoms with E-state index in [2.05, 4.69) is 11.2 Å². The van der Waals surface area contributed by atoms with Crippen molar-refractivity contribution >= 4 is 11.9 Å². The molecule has 0 saturated heterocycles. The van der Waals surface area contributed by atoms with Gasteiger partial charge in [-0.25, -0.2) is 0 Å². The second kappa shape index (κ2) is 11.3. The second-order valence-corrected chi connectivity index (χ2v) is 7.79. The van der Waals surface area contributed by atoms with E-state index in [4.69, 9.17) is 9.47 Å². The number of carbonyl (C=O) groups excluding carboxylic acids is 2. The van der Waals surface area contributed by atoms with Gasteiger partial charge in [0.15, 0.2) is 0 Å². The number of hydrogen-bond donors (Lipinski definition) is 0. The quantitative estimate of drug-likeness (QED) is 0.437. The van der Waals surface area contributed by atoms with E-state index in [1.165, 1.54) is 0 Å². The maximum atomic E-state index is 12.9. The van der Waals surface area contributed by atoms with Crippen molar-refractivity contribution in [3.63, 3.8) is 0 Å². The molecule has 0 N–H and O–H groups in total. The minimum absolute atomic E-state index is 0.00307. The van der Waals surface area contributed by atoms with Crippen LogP contribution in [0.4, 0.5) is 0 Å². The number of likely N-dealkylation sites (N-methyl/N-ethyl adjacent to an activating group) is 1. The summed E-state index contributed by atoms with van der Waals surface area (Å²) in [5.74, 6) is 0.439. The molecule has 0 bridgehead atoms. The van der Waals surface area contributed by atoms with Crippen LogP contribution in [0.2, 0.25) is 0 Å². The molecule has 0 atom stereocenters. The predicted octanol–water partition coefficient (Wildman–Crippen LogP) is 4.02.